The van der Waals surface area contributed by atoms with Gasteiger partial charge in [0.05, 0.1) is 26.3 Å². The van der Waals surface area contributed by atoms with E-state index in [0.717, 1.165) is 17.4 Å². The van der Waals surface area contributed by atoms with Gasteiger partial charge >= 0.3 is 0 Å². The summed E-state index contributed by atoms with van der Waals surface area (Å²) in [7, 11) is 3.12. The number of hydrogen-bond acceptors (Lipinski definition) is 4. The summed E-state index contributed by atoms with van der Waals surface area (Å²) in [5, 5.41) is 5.63. The maximum atomic E-state index is 11.5. The molecule has 1 aromatic heterocycles. The molecule has 134 valence electrons. The topological polar surface area (TPSA) is 53.4 Å². The Kier molecular flexibility index (Phi) is 5.49. The zero-order chi connectivity index (χ0) is 18.7. The second-order valence-corrected chi connectivity index (χ2v) is 6.33. The van der Waals surface area contributed by atoms with E-state index in [-0.39, 0.29) is 0 Å². The van der Waals surface area contributed by atoms with Crippen molar-refractivity contribution >= 4 is 29.5 Å². The molecule has 0 aliphatic heterocycles. The number of methoxy groups -OCH3 is 2. The second-order valence-electron chi connectivity index (χ2n) is 5.52. The van der Waals surface area contributed by atoms with E-state index in [1.165, 1.54) is 0 Å². The number of aromatic nitrogens is 2. The first kappa shape index (κ1) is 18.3. The minimum absolute atomic E-state index is 0.354. The molecule has 26 heavy (non-hydrogen) atoms. The SMILES string of the molecule is COc1ccc(-c2nn(Cc3c(Cl)cccc3Cl)cc2C=O)cc1OC. The predicted octanol–water partition coefficient (Wildman–Crippen LogP) is 4.73. The van der Waals surface area contributed by atoms with Gasteiger partial charge in [-0.05, 0) is 30.3 Å². The van der Waals surface area contributed by atoms with Gasteiger partial charge in [-0.1, -0.05) is 29.3 Å². The van der Waals surface area contributed by atoms with Crippen LogP contribution in [0.5, 0.6) is 11.5 Å². The Balaban J connectivity index is 2.01. The van der Waals surface area contributed by atoms with Crippen LogP contribution < -0.4 is 9.47 Å². The van der Waals surface area contributed by atoms with Crippen molar-refractivity contribution in [3.63, 3.8) is 0 Å². The highest BCUT2D eigenvalue weighted by Gasteiger charge is 2.15. The quantitative estimate of drug-likeness (QED) is 0.570. The number of benzene rings is 2. The summed E-state index contributed by atoms with van der Waals surface area (Å²) in [6, 6.07) is 10.7. The van der Waals surface area contributed by atoms with Gasteiger partial charge in [0.25, 0.3) is 0 Å². The molecular formula is C19H16Cl2N2O3. The number of carbonyl (C=O) groups is 1. The normalized spacial score (nSPS) is 10.6. The van der Waals surface area contributed by atoms with Gasteiger partial charge in [-0.15, -0.1) is 0 Å². The van der Waals surface area contributed by atoms with E-state index in [1.807, 2.05) is 6.07 Å². The molecule has 3 aromatic rings. The Hall–Kier alpha value is -2.50. The zero-order valence-electron chi connectivity index (χ0n) is 14.2. The number of aldehydes is 1. The lowest BCUT2D eigenvalue weighted by atomic mass is 10.1. The van der Waals surface area contributed by atoms with Gasteiger partial charge in [0.1, 0.15) is 5.69 Å². The molecule has 0 fully saturated rings. The molecule has 2 aromatic carbocycles. The van der Waals surface area contributed by atoms with Crippen molar-refractivity contribution in [2.75, 3.05) is 14.2 Å². The van der Waals surface area contributed by atoms with Crippen molar-refractivity contribution < 1.29 is 14.3 Å². The molecule has 1 heterocycles. The third kappa shape index (κ3) is 3.54. The third-order valence-electron chi connectivity index (χ3n) is 3.96. The van der Waals surface area contributed by atoms with Gasteiger partial charge in [-0.25, -0.2) is 0 Å². The lowest BCUT2D eigenvalue weighted by Gasteiger charge is -2.09. The van der Waals surface area contributed by atoms with E-state index in [1.54, 1.807) is 55.4 Å². The molecule has 0 aliphatic rings. The van der Waals surface area contributed by atoms with Gasteiger partial charge in [0.15, 0.2) is 17.8 Å². The number of rotatable bonds is 6. The van der Waals surface area contributed by atoms with Crippen LogP contribution in [-0.2, 0) is 6.54 Å². The van der Waals surface area contributed by atoms with Crippen LogP contribution in [0, 0.1) is 0 Å². The fourth-order valence-corrected chi connectivity index (χ4v) is 3.17. The van der Waals surface area contributed by atoms with Gasteiger partial charge in [0.2, 0.25) is 0 Å². The number of nitrogens with zero attached hydrogens (tertiary/aromatic N) is 2. The standard InChI is InChI=1S/C19H16Cl2N2O3/c1-25-17-7-6-12(8-18(17)26-2)19-13(11-24)9-23(22-19)10-14-15(20)4-3-5-16(14)21/h3-9,11H,10H2,1-2H3. The number of hydrogen-bond donors (Lipinski definition) is 0. The zero-order valence-corrected chi connectivity index (χ0v) is 15.7. The fourth-order valence-electron chi connectivity index (χ4n) is 2.66. The molecule has 7 heteroatoms. The van der Waals surface area contributed by atoms with Crippen LogP contribution in [0.2, 0.25) is 10.0 Å². The van der Waals surface area contributed by atoms with Crippen molar-refractivity contribution in [2.45, 2.75) is 6.54 Å². The summed E-state index contributed by atoms with van der Waals surface area (Å²) < 4.78 is 12.2. The summed E-state index contributed by atoms with van der Waals surface area (Å²) in [6.07, 6.45) is 2.43. The van der Waals surface area contributed by atoms with E-state index in [4.69, 9.17) is 32.7 Å². The highest BCUT2D eigenvalue weighted by molar-refractivity contribution is 6.35. The monoisotopic (exact) mass is 390 g/mol. The summed E-state index contributed by atoms with van der Waals surface area (Å²) in [4.78, 5) is 11.5. The fraction of sp³-hybridized carbons (Fsp3) is 0.158. The average molecular weight is 391 g/mol. The first-order chi connectivity index (χ1) is 12.6. The van der Waals surface area contributed by atoms with Crippen LogP contribution >= 0.6 is 23.2 Å². The Morgan fingerprint density at radius 1 is 1.08 bits per heavy atom. The van der Waals surface area contributed by atoms with Crippen LogP contribution in [0.1, 0.15) is 15.9 Å². The second kappa shape index (κ2) is 7.81. The van der Waals surface area contributed by atoms with Gasteiger partial charge in [-0.2, -0.15) is 5.10 Å². The van der Waals surface area contributed by atoms with Crippen LogP contribution in [0.3, 0.4) is 0 Å². The van der Waals surface area contributed by atoms with Crippen molar-refractivity contribution in [3.05, 3.63) is 63.8 Å². The molecule has 0 unspecified atom stereocenters. The molecule has 0 amide bonds. The molecule has 3 rings (SSSR count). The maximum Gasteiger partial charge on any atom is 0.161 e. The summed E-state index contributed by atoms with van der Waals surface area (Å²) in [5.74, 6) is 1.16. The predicted molar refractivity (Wildman–Crippen MR) is 102 cm³/mol. The highest BCUT2D eigenvalue weighted by atomic mass is 35.5. The van der Waals surface area contributed by atoms with Gasteiger partial charge in [-0.3, -0.25) is 9.48 Å². The number of ether oxygens (including phenoxy) is 2. The van der Waals surface area contributed by atoms with Gasteiger partial charge < -0.3 is 9.47 Å². The molecule has 0 spiro atoms. The van der Waals surface area contributed by atoms with Crippen LogP contribution in [0.15, 0.2) is 42.6 Å². The lowest BCUT2D eigenvalue weighted by Crippen LogP contribution is -2.02. The molecule has 0 saturated heterocycles. The maximum absolute atomic E-state index is 11.5. The minimum atomic E-state index is 0.354. The third-order valence-corrected chi connectivity index (χ3v) is 4.66. The first-order valence-corrected chi connectivity index (χ1v) is 8.51. The van der Waals surface area contributed by atoms with Crippen molar-refractivity contribution in [1.29, 1.82) is 0 Å². The summed E-state index contributed by atoms with van der Waals surface area (Å²) >= 11 is 12.4. The van der Waals surface area contributed by atoms with Crippen molar-refractivity contribution in [2.24, 2.45) is 0 Å². The Morgan fingerprint density at radius 2 is 1.77 bits per heavy atom. The summed E-state index contributed by atoms with van der Waals surface area (Å²) in [5.41, 5.74) is 2.49. The highest BCUT2D eigenvalue weighted by Crippen LogP contribution is 2.33. The van der Waals surface area contributed by atoms with Gasteiger partial charge in [0, 0.05) is 27.4 Å². The minimum Gasteiger partial charge on any atom is -0.493 e. The van der Waals surface area contributed by atoms with Crippen molar-refractivity contribution in [1.82, 2.24) is 9.78 Å². The molecule has 0 atom stereocenters. The Bertz CT molecular complexity index is 934. The van der Waals surface area contributed by atoms with Crippen LogP contribution in [-0.4, -0.2) is 30.3 Å². The van der Waals surface area contributed by atoms with Crippen LogP contribution in [0.4, 0.5) is 0 Å². The van der Waals surface area contributed by atoms with E-state index < -0.39 is 0 Å². The average Bonchev–Trinajstić information content (AvgIpc) is 3.07. The van der Waals surface area contributed by atoms with E-state index in [9.17, 15) is 4.79 Å². The largest absolute Gasteiger partial charge is 0.493 e. The molecule has 0 N–H and O–H groups in total. The van der Waals surface area contributed by atoms with E-state index >= 15 is 0 Å². The molecule has 5 nitrogen and oxygen atoms in total. The smallest absolute Gasteiger partial charge is 0.161 e. The van der Waals surface area contributed by atoms with Crippen LogP contribution in [0.25, 0.3) is 11.3 Å². The van der Waals surface area contributed by atoms with E-state index in [0.29, 0.717) is 39.3 Å². The van der Waals surface area contributed by atoms with Crippen molar-refractivity contribution in [3.8, 4) is 22.8 Å². The number of carbonyl (C=O) groups excluding carboxylic acids is 1. The molecule has 0 bridgehead atoms. The Labute approximate surface area is 161 Å². The number of halogens is 2. The molecule has 0 radical (unpaired) electrons. The lowest BCUT2D eigenvalue weighted by molar-refractivity contribution is 0.112. The first-order valence-electron chi connectivity index (χ1n) is 7.75. The van der Waals surface area contributed by atoms with E-state index in [2.05, 4.69) is 5.10 Å². The molecular weight excluding hydrogens is 375 g/mol. The molecule has 0 aliphatic carbocycles. The Morgan fingerprint density at radius 3 is 2.38 bits per heavy atom. The summed E-state index contributed by atoms with van der Waals surface area (Å²) in [6.45, 7) is 0.354. The molecule has 0 saturated carbocycles.